The highest BCUT2D eigenvalue weighted by atomic mass is 16.6. The normalized spacial score (nSPS) is 18.1. The van der Waals surface area contributed by atoms with Gasteiger partial charge in [0.2, 0.25) is 0 Å². The van der Waals surface area contributed by atoms with Crippen LogP contribution in [0.5, 0.6) is 0 Å². The molecule has 0 bridgehead atoms. The van der Waals surface area contributed by atoms with Crippen molar-refractivity contribution in [3.63, 3.8) is 0 Å². The van der Waals surface area contributed by atoms with Gasteiger partial charge in [-0.05, 0) is 24.6 Å². The average molecular weight is 419 g/mol. The molecule has 1 amide bonds. The number of likely N-dealkylation sites (tertiary alicyclic amines) is 1. The van der Waals surface area contributed by atoms with Gasteiger partial charge < -0.3 is 14.6 Å². The number of aryl methyl sites for hydroxylation is 1. The standard InChI is InChI=1S/C23H21N3O5/c1-3-12-25-20(17-13-24(2)18-7-5-4-6-16(17)18)19(22(28)23(25)29)21(27)14-8-10-15(11-9-14)26(30)31/h4-11,13,20,27H,3,12H2,1-2H3/b21-19+. The van der Waals surface area contributed by atoms with Crippen LogP contribution in [0.25, 0.3) is 16.7 Å². The summed E-state index contributed by atoms with van der Waals surface area (Å²) in [7, 11) is 1.88. The summed E-state index contributed by atoms with van der Waals surface area (Å²) in [6, 6.07) is 12.2. The lowest BCUT2D eigenvalue weighted by Crippen LogP contribution is -2.30. The van der Waals surface area contributed by atoms with E-state index < -0.39 is 22.7 Å². The summed E-state index contributed by atoms with van der Waals surface area (Å²) in [6.07, 6.45) is 2.51. The van der Waals surface area contributed by atoms with Crippen molar-refractivity contribution in [2.75, 3.05) is 6.54 Å². The van der Waals surface area contributed by atoms with Crippen molar-refractivity contribution in [2.45, 2.75) is 19.4 Å². The monoisotopic (exact) mass is 419 g/mol. The van der Waals surface area contributed by atoms with Crippen LogP contribution in [0.3, 0.4) is 0 Å². The predicted octanol–water partition coefficient (Wildman–Crippen LogP) is 3.92. The van der Waals surface area contributed by atoms with Gasteiger partial charge in [-0.2, -0.15) is 0 Å². The summed E-state index contributed by atoms with van der Waals surface area (Å²) in [6.45, 7) is 2.27. The number of nitro benzene ring substituents is 1. The highest BCUT2D eigenvalue weighted by molar-refractivity contribution is 6.46. The molecule has 0 spiro atoms. The molecule has 1 N–H and O–H groups in total. The van der Waals surface area contributed by atoms with E-state index in [0.29, 0.717) is 13.0 Å². The third-order valence-corrected chi connectivity index (χ3v) is 5.58. The predicted molar refractivity (Wildman–Crippen MR) is 115 cm³/mol. The van der Waals surface area contributed by atoms with Crippen LogP contribution in [0.2, 0.25) is 0 Å². The van der Waals surface area contributed by atoms with Gasteiger partial charge in [-0.1, -0.05) is 25.1 Å². The fourth-order valence-corrected chi connectivity index (χ4v) is 4.16. The Labute approximate surface area is 178 Å². The molecular weight excluding hydrogens is 398 g/mol. The van der Waals surface area contributed by atoms with E-state index in [2.05, 4.69) is 0 Å². The number of ketones is 1. The number of fused-ring (bicyclic) bond motifs is 1. The molecule has 1 unspecified atom stereocenters. The van der Waals surface area contributed by atoms with Crippen molar-refractivity contribution >= 4 is 34.0 Å². The van der Waals surface area contributed by atoms with Crippen LogP contribution in [0, 0.1) is 10.1 Å². The first-order chi connectivity index (χ1) is 14.8. The van der Waals surface area contributed by atoms with Gasteiger partial charge in [0.05, 0.1) is 16.5 Å². The minimum atomic E-state index is -0.762. The summed E-state index contributed by atoms with van der Waals surface area (Å²) in [4.78, 5) is 37.7. The number of aliphatic hydroxyl groups excluding tert-OH is 1. The largest absolute Gasteiger partial charge is 0.507 e. The Morgan fingerprint density at radius 2 is 1.81 bits per heavy atom. The van der Waals surface area contributed by atoms with Crippen molar-refractivity contribution in [1.82, 2.24) is 9.47 Å². The third kappa shape index (κ3) is 3.26. The molecule has 0 saturated carbocycles. The summed E-state index contributed by atoms with van der Waals surface area (Å²) >= 11 is 0. The van der Waals surface area contributed by atoms with E-state index >= 15 is 0 Å². The number of hydrogen-bond acceptors (Lipinski definition) is 5. The van der Waals surface area contributed by atoms with Gasteiger partial charge in [0, 0.05) is 54.0 Å². The molecule has 2 aromatic carbocycles. The van der Waals surface area contributed by atoms with Crippen LogP contribution >= 0.6 is 0 Å². The van der Waals surface area contributed by atoms with E-state index in [1.165, 1.54) is 29.2 Å². The molecule has 1 aliphatic heterocycles. The maximum atomic E-state index is 13.0. The van der Waals surface area contributed by atoms with Crippen molar-refractivity contribution in [3.8, 4) is 0 Å². The minimum Gasteiger partial charge on any atom is -0.507 e. The lowest BCUT2D eigenvalue weighted by atomic mass is 9.95. The molecule has 31 heavy (non-hydrogen) atoms. The molecular formula is C23H21N3O5. The first kappa shape index (κ1) is 20.3. The van der Waals surface area contributed by atoms with Crippen LogP contribution in [0.1, 0.15) is 30.5 Å². The van der Waals surface area contributed by atoms with Gasteiger partial charge in [-0.15, -0.1) is 0 Å². The molecule has 1 fully saturated rings. The Morgan fingerprint density at radius 1 is 1.13 bits per heavy atom. The minimum absolute atomic E-state index is 0.0105. The van der Waals surface area contributed by atoms with Crippen LogP contribution in [-0.4, -0.2) is 37.7 Å². The van der Waals surface area contributed by atoms with E-state index in [1.54, 1.807) is 0 Å². The average Bonchev–Trinajstić information content (AvgIpc) is 3.23. The fraction of sp³-hybridized carbons (Fsp3) is 0.217. The number of carbonyl (C=O) groups excluding carboxylic acids is 2. The highest BCUT2D eigenvalue weighted by Gasteiger charge is 2.46. The number of nitro groups is 1. The number of para-hydroxylation sites is 1. The van der Waals surface area contributed by atoms with Crippen molar-refractivity contribution < 1.29 is 19.6 Å². The zero-order valence-corrected chi connectivity index (χ0v) is 17.1. The molecule has 8 nitrogen and oxygen atoms in total. The number of hydrogen-bond donors (Lipinski definition) is 1. The number of benzene rings is 2. The van der Waals surface area contributed by atoms with Crippen LogP contribution in [0.15, 0.2) is 60.3 Å². The van der Waals surface area contributed by atoms with E-state index in [4.69, 9.17) is 0 Å². The number of rotatable bonds is 5. The zero-order chi connectivity index (χ0) is 22.3. The van der Waals surface area contributed by atoms with E-state index in [1.807, 2.05) is 49.0 Å². The van der Waals surface area contributed by atoms with Crippen molar-refractivity contribution in [3.05, 3.63) is 81.5 Å². The lowest BCUT2D eigenvalue weighted by molar-refractivity contribution is -0.384. The Morgan fingerprint density at radius 3 is 2.45 bits per heavy atom. The number of aliphatic hydroxyl groups is 1. The van der Waals surface area contributed by atoms with E-state index in [0.717, 1.165) is 16.5 Å². The first-order valence-electron chi connectivity index (χ1n) is 9.92. The summed E-state index contributed by atoms with van der Waals surface area (Å²) in [5.74, 6) is -1.77. The second kappa shape index (κ2) is 7.71. The van der Waals surface area contributed by atoms with Crippen LogP contribution in [0.4, 0.5) is 5.69 Å². The number of aromatic nitrogens is 1. The Hall–Kier alpha value is -3.94. The molecule has 158 valence electrons. The smallest absolute Gasteiger partial charge is 0.295 e. The molecule has 0 radical (unpaired) electrons. The summed E-state index contributed by atoms with van der Waals surface area (Å²) in [5.41, 5.74) is 1.78. The van der Waals surface area contributed by atoms with Crippen LogP contribution in [-0.2, 0) is 16.6 Å². The zero-order valence-electron chi connectivity index (χ0n) is 17.1. The molecule has 4 rings (SSSR count). The third-order valence-electron chi connectivity index (χ3n) is 5.58. The van der Waals surface area contributed by atoms with Gasteiger partial charge in [0.1, 0.15) is 5.76 Å². The maximum Gasteiger partial charge on any atom is 0.295 e. The summed E-state index contributed by atoms with van der Waals surface area (Å²) < 4.78 is 1.92. The maximum absolute atomic E-state index is 13.0. The van der Waals surface area contributed by atoms with Crippen molar-refractivity contribution in [1.29, 1.82) is 0 Å². The van der Waals surface area contributed by atoms with Crippen LogP contribution < -0.4 is 0 Å². The number of Topliss-reactive ketones (excluding diaryl/α,β-unsaturated/α-hetero) is 1. The van der Waals surface area contributed by atoms with E-state index in [-0.39, 0.29) is 22.6 Å². The highest BCUT2D eigenvalue weighted by Crippen LogP contribution is 2.42. The molecule has 1 aromatic heterocycles. The van der Waals surface area contributed by atoms with Gasteiger partial charge in [0.25, 0.3) is 17.4 Å². The molecule has 3 aromatic rings. The van der Waals surface area contributed by atoms with Crippen molar-refractivity contribution in [2.24, 2.45) is 7.05 Å². The van der Waals surface area contributed by atoms with Gasteiger partial charge in [0.15, 0.2) is 0 Å². The first-order valence-corrected chi connectivity index (χ1v) is 9.92. The second-order valence-electron chi connectivity index (χ2n) is 7.51. The molecule has 1 atom stereocenters. The number of nitrogens with zero attached hydrogens (tertiary/aromatic N) is 3. The Bertz CT molecular complexity index is 1240. The molecule has 1 aliphatic rings. The molecule has 1 saturated heterocycles. The van der Waals surface area contributed by atoms with E-state index in [9.17, 15) is 24.8 Å². The fourth-order valence-electron chi connectivity index (χ4n) is 4.16. The Balaban J connectivity index is 1.93. The topological polar surface area (TPSA) is 106 Å². The van der Waals surface area contributed by atoms with Gasteiger partial charge in [-0.25, -0.2) is 0 Å². The lowest BCUT2D eigenvalue weighted by Gasteiger charge is -2.24. The molecule has 8 heteroatoms. The van der Waals surface area contributed by atoms with Gasteiger partial charge >= 0.3 is 0 Å². The number of carbonyl (C=O) groups is 2. The molecule has 2 heterocycles. The SMILES string of the molecule is CCCN1C(=O)C(=O)/C(=C(/O)c2ccc([N+](=O)[O-])cc2)C1c1cn(C)c2ccccc12. The Kier molecular flexibility index (Phi) is 5.06. The summed E-state index contributed by atoms with van der Waals surface area (Å²) in [5, 5.41) is 22.9. The number of amides is 1. The number of non-ortho nitro benzene ring substituents is 1. The van der Waals surface area contributed by atoms with Gasteiger partial charge in [-0.3, -0.25) is 19.7 Å². The second-order valence-corrected chi connectivity index (χ2v) is 7.51. The molecule has 0 aliphatic carbocycles. The quantitative estimate of drug-likeness (QED) is 0.222.